The van der Waals surface area contributed by atoms with Crippen molar-refractivity contribution in [3.63, 3.8) is 0 Å². The van der Waals surface area contributed by atoms with E-state index < -0.39 is 34.4 Å². The van der Waals surface area contributed by atoms with Gasteiger partial charge in [-0.3, -0.25) is 4.21 Å². The molecular formula is C16H11F2O5S-. The molecule has 0 heterocycles. The molecule has 0 saturated heterocycles. The van der Waals surface area contributed by atoms with E-state index in [0.717, 1.165) is 18.2 Å². The van der Waals surface area contributed by atoms with Crippen LogP contribution in [0.4, 0.5) is 8.78 Å². The second kappa shape index (κ2) is 7.33. The molecule has 2 aromatic carbocycles. The molecule has 2 aromatic rings. The van der Waals surface area contributed by atoms with Crippen LogP contribution in [-0.4, -0.2) is 19.8 Å². The van der Waals surface area contributed by atoms with E-state index in [1.807, 2.05) is 0 Å². The molecule has 2 rings (SSSR count). The van der Waals surface area contributed by atoms with Crippen molar-refractivity contribution in [3.05, 3.63) is 59.2 Å². The maximum atomic E-state index is 14.0. The zero-order chi connectivity index (χ0) is 17.9. The lowest BCUT2D eigenvalue weighted by molar-refractivity contribution is -0.132. The zero-order valence-corrected chi connectivity index (χ0v) is 13.1. The summed E-state index contributed by atoms with van der Waals surface area (Å²) in [4.78, 5) is 10.7. The average Bonchev–Trinajstić information content (AvgIpc) is 2.51. The largest absolute Gasteiger partial charge is 0.768 e. The molecule has 0 radical (unpaired) electrons. The summed E-state index contributed by atoms with van der Waals surface area (Å²) in [6, 6.07) is 6.83. The van der Waals surface area contributed by atoms with E-state index >= 15 is 0 Å². The van der Waals surface area contributed by atoms with E-state index in [-0.39, 0.29) is 21.8 Å². The number of aliphatic carboxylic acids is 1. The van der Waals surface area contributed by atoms with Crippen molar-refractivity contribution in [1.82, 2.24) is 0 Å². The van der Waals surface area contributed by atoms with Gasteiger partial charge in [0, 0.05) is 10.5 Å². The predicted octanol–water partition coefficient (Wildman–Crippen LogP) is 3.48. The lowest BCUT2D eigenvalue weighted by atomic mass is 10.1. The van der Waals surface area contributed by atoms with Crippen molar-refractivity contribution in [3.8, 4) is 11.5 Å². The Morgan fingerprint density at radius 1 is 1.21 bits per heavy atom. The summed E-state index contributed by atoms with van der Waals surface area (Å²) in [7, 11) is 0. The summed E-state index contributed by atoms with van der Waals surface area (Å²) >= 11 is -2.41. The summed E-state index contributed by atoms with van der Waals surface area (Å²) in [5.74, 6) is -3.86. The lowest BCUT2D eigenvalue weighted by Crippen LogP contribution is -1.97. The number of hydrogen-bond acceptors (Lipinski definition) is 4. The number of carboxylic acid groups (broad SMARTS) is 1. The summed E-state index contributed by atoms with van der Waals surface area (Å²) in [6.45, 7) is 1.30. The highest BCUT2D eigenvalue weighted by Gasteiger charge is 2.14. The Balaban J connectivity index is 2.30. The van der Waals surface area contributed by atoms with E-state index in [1.165, 1.54) is 31.2 Å². The molecular weight excluding hydrogens is 342 g/mol. The Labute approximate surface area is 138 Å². The van der Waals surface area contributed by atoms with Gasteiger partial charge < -0.3 is 14.4 Å². The van der Waals surface area contributed by atoms with Crippen LogP contribution in [0.15, 0.2) is 46.9 Å². The van der Waals surface area contributed by atoms with Crippen molar-refractivity contribution in [2.24, 2.45) is 0 Å². The first kappa shape index (κ1) is 17.8. The van der Waals surface area contributed by atoms with Crippen molar-refractivity contribution in [2.45, 2.75) is 11.8 Å². The van der Waals surface area contributed by atoms with E-state index in [9.17, 15) is 22.3 Å². The molecule has 0 spiro atoms. The second-order valence-electron chi connectivity index (χ2n) is 4.75. The first-order chi connectivity index (χ1) is 11.3. The maximum absolute atomic E-state index is 14.0. The van der Waals surface area contributed by atoms with E-state index in [1.54, 1.807) is 0 Å². The molecule has 0 amide bonds. The number of rotatable bonds is 5. The minimum absolute atomic E-state index is 0.00734. The molecule has 1 N–H and O–H groups in total. The second-order valence-corrected chi connectivity index (χ2v) is 5.70. The van der Waals surface area contributed by atoms with E-state index in [4.69, 9.17) is 9.84 Å². The highest BCUT2D eigenvalue weighted by atomic mass is 32.2. The quantitative estimate of drug-likeness (QED) is 0.657. The number of benzene rings is 2. The molecule has 1 atom stereocenters. The molecule has 0 aliphatic rings. The van der Waals surface area contributed by atoms with Gasteiger partial charge in [0.15, 0.2) is 17.4 Å². The fraction of sp³-hybridized carbons (Fsp3) is 0.0625. The predicted molar refractivity (Wildman–Crippen MR) is 81.3 cm³/mol. The van der Waals surface area contributed by atoms with Gasteiger partial charge in [0.05, 0.1) is 0 Å². The number of carbonyl (C=O) groups is 1. The molecule has 0 saturated carbocycles. The third-order valence-corrected chi connectivity index (χ3v) is 3.63. The SMILES string of the molecule is C/C(=C\c1cc(F)c(Oc2ccc(S(=O)[O-])cc2)c(F)c1)C(=O)O. The first-order valence-corrected chi connectivity index (χ1v) is 7.63. The van der Waals surface area contributed by atoms with Crippen LogP contribution < -0.4 is 4.74 Å². The van der Waals surface area contributed by atoms with Gasteiger partial charge in [0.1, 0.15) is 5.75 Å². The molecule has 0 aliphatic heterocycles. The van der Waals surface area contributed by atoms with Crippen molar-refractivity contribution in [2.75, 3.05) is 0 Å². The average molecular weight is 353 g/mol. The van der Waals surface area contributed by atoms with Crippen LogP contribution in [0.3, 0.4) is 0 Å². The highest BCUT2D eigenvalue weighted by Crippen LogP contribution is 2.29. The summed E-state index contributed by atoms with van der Waals surface area (Å²) in [5.41, 5.74) is -0.0435. The van der Waals surface area contributed by atoms with Crippen molar-refractivity contribution >= 4 is 23.1 Å². The Hall–Kier alpha value is -2.58. The zero-order valence-electron chi connectivity index (χ0n) is 12.3. The van der Waals surface area contributed by atoms with Gasteiger partial charge in [-0.15, -0.1) is 0 Å². The Kier molecular flexibility index (Phi) is 5.42. The summed E-state index contributed by atoms with van der Waals surface area (Å²) in [5, 5.41) is 8.77. The van der Waals surface area contributed by atoms with Crippen LogP contribution in [0, 0.1) is 11.6 Å². The molecule has 0 bridgehead atoms. The van der Waals surface area contributed by atoms with Crippen molar-refractivity contribution in [1.29, 1.82) is 0 Å². The smallest absolute Gasteiger partial charge is 0.331 e. The Morgan fingerprint density at radius 3 is 2.21 bits per heavy atom. The maximum Gasteiger partial charge on any atom is 0.331 e. The van der Waals surface area contributed by atoms with Gasteiger partial charge in [-0.05, 0) is 66.0 Å². The molecule has 5 nitrogen and oxygen atoms in total. The van der Waals surface area contributed by atoms with Crippen LogP contribution in [0.1, 0.15) is 12.5 Å². The van der Waals surface area contributed by atoms with Gasteiger partial charge in [0.25, 0.3) is 0 Å². The molecule has 0 fully saturated rings. The molecule has 8 heteroatoms. The van der Waals surface area contributed by atoms with E-state index in [0.29, 0.717) is 0 Å². The summed E-state index contributed by atoms with van der Waals surface area (Å²) < 4.78 is 54.6. The highest BCUT2D eigenvalue weighted by molar-refractivity contribution is 7.79. The molecule has 1 unspecified atom stereocenters. The minimum Gasteiger partial charge on any atom is -0.768 e. The van der Waals surface area contributed by atoms with Crippen LogP contribution in [0.25, 0.3) is 6.08 Å². The number of carboxylic acids is 1. The molecule has 0 aliphatic carbocycles. The molecule has 0 aromatic heterocycles. The number of halogens is 2. The number of ether oxygens (including phenoxy) is 1. The van der Waals surface area contributed by atoms with Gasteiger partial charge >= 0.3 is 5.97 Å². The Bertz CT molecular complexity index is 808. The van der Waals surface area contributed by atoms with Crippen LogP contribution in [-0.2, 0) is 15.9 Å². The van der Waals surface area contributed by atoms with Gasteiger partial charge in [-0.25, -0.2) is 13.6 Å². The topological polar surface area (TPSA) is 86.7 Å². The van der Waals surface area contributed by atoms with Gasteiger partial charge in [-0.1, -0.05) is 0 Å². The third-order valence-electron chi connectivity index (χ3n) is 2.98. The van der Waals surface area contributed by atoms with Crippen LogP contribution >= 0.6 is 0 Å². The molecule has 126 valence electrons. The Morgan fingerprint density at radius 2 is 1.75 bits per heavy atom. The first-order valence-electron chi connectivity index (χ1n) is 6.55. The standard InChI is InChI=1S/C16H12F2O5S/c1-9(16(19)20)6-10-7-13(17)15(14(18)8-10)23-11-2-4-12(5-3-11)24(21)22/h2-8H,1H3,(H,19,20)(H,21,22)/p-1/b9-6+. The monoisotopic (exact) mass is 353 g/mol. The fourth-order valence-corrected chi connectivity index (χ4v) is 2.17. The summed E-state index contributed by atoms with van der Waals surface area (Å²) in [6.07, 6.45) is 1.12. The van der Waals surface area contributed by atoms with Gasteiger partial charge in [-0.2, -0.15) is 0 Å². The fourth-order valence-electron chi connectivity index (χ4n) is 1.81. The van der Waals surface area contributed by atoms with Crippen molar-refractivity contribution < 1.29 is 32.2 Å². The number of hydrogen-bond donors (Lipinski definition) is 1. The normalized spacial score (nSPS) is 12.8. The van der Waals surface area contributed by atoms with E-state index in [2.05, 4.69) is 0 Å². The van der Waals surface area contributed by atoms with Crippen LogP contribution in [0.2, 0.25) is 0 Å². The van der Waals surface area contributed by atoms with Crippen LogP contribution in [0.5, 0.6) is 11.5 Å². The molecule has 24 heavy (non-hydrogen) atoms. The van der Waals surface area contributed by atoms with Gasteiger partial charge in [0.2, 0.25) is 0 Å². The minimum atomic E-state index is -2.41. The lowest BCUT2D eigenvalue weighted by Gasteiger charge is -2.10. The third kappa shape index (κ3) is 4.24.